The van der Waals surface area contributed by atoms with Crippen LogP contribution in [0.5, 0.6) is 0 Å². The van der Waals surface area contributed by atoms with Gasteiger partial charge >= 0.3 is 0 Å². The van der Waals surface area contributed by atoms with Gasteiger partial charge in [-0.25, -0.2) is 0 Å². The Morgan fingerprint density at radius 3 is 2.38 bits per heavy atom. The van der Waals surface area contributed by atoms with Crippen molar-refractivity contribution >= 4 is 5.78 Å². The standard InChI is InChI=1S/C13H22O.C2H6/c1-5-11-6-7-12(10(4)14)8-13(11)9(2)3;1-2/h6,9,12-13H,5,7-8H2,1-4H3;1-2H3/t12-,13?;/m0./s1. The van der Waals surface area contributed by atoms with Crippen LogP contribution in [0.25, 0.3) is 0 Å². The molecule has 0 amide bonds. The van der Waals surface area contributed by atoms with Crippen LogP contribution in [0.3, 0.4) is 0 Å². The molecule has 94 valence electrons. The second-order valence-corrected chi connectivity index (χ2v) is 4.76. The molecule has 0 saturated carbocycles. The minimum absolute atomic E-state index is 0.290. The summed E-state index contributed by atoms with van der Waals surface area (Å²) < 4.78 is 0. The maximum atomic E-state index is 11.3. The lowest BCUT2D eigenvalue weighted by molar-refractivity contribution is -0.121. The van der Waals surface area contributed by atoms with E-state index in [9.17, 15) is 4.79 Å². The van der Waals surface area contributed by atoms with Gasteiger partial charge in [0.2, 0.25) is 0 Å². The molecule has 0 aromatic carbocycles. The van der Waals surface area contributed by atoms with Gasteiger partial charge in [0, 0.05) is 5.92 Å². The summed E-state index contributed by atoms with van der Waals surface area (Å²) in [6.45, 7) is 12.5. The third-order valence-corrected chi connectivity index (χ3v) is 3.47. The molecule has 0 bridgehead atoms. The van der Waals surface area contributed by atoms with Gasteiger partial charge in [0.25, 0.3) is 0 Å². The molecule has 1 aliphatic carbocycles. The highest BCUT2D eigenvalue weighted by atomic mass is 16.1. The molecule has 1 unspecified atom stereocenters. The van der Waals surface area contributed by atoms with Crippen molar-refractivity contribution in [3.63, 3.8) is 0 Å². The van der Waals surface area contributed by atoms with Gasteiger partial charge < -0.3 is 0 Å². The number of allylic oxidation sites excluding steroid dienone is 2. The summed E-state index contributed by atoms with van der Waals surface area (Å²) in [5.74, 6) is 1.96. The zero-order valence-corrected chi connectivity index (χ0v) is 11.8. The van der Waals surface area contributed by atoms with E-state index >= 15 is 0 Å². The summed E-state index contributed by atoms with van der Waals surface area (Å²) in [7, 11) is 0. The Morgan fingerprint density at radius 1 is 1.44 bits per heavy atom. The fraction of sp³-hybridized carbons (Fsp3) is 0.800. The summed E-state index contributed by atoms with van der Waals surface area (Å²) in [5, 5.41) is 0. The molecule has 0 aromatic heterocycles. The molecular formula is C15H28O. The molecule has 16 heavy (non-hydrogen) atoms. The fourth-order valence-corrected chi connectivity index (χ4v) is 2.44. The van der Waals surface area contributed by atoms with E-state index in [0.717, 1.165) is 19.3 Å². The van der Waals surface area contributed by atoms with Crippen molar-refractivity contribution in [2.24, 2.45) is 17.8 Å². The first kappa shape index (κ1) is 15.4. The van der Waals surface area contributed by atoms with Gasteiger partial charge in [0.1, 0.15) is 5.78 Å². The molecule has 1 heteroatoms. The lowest BCUT2D eigenvalue weighted by Crippen LogP contribution is -2.24. The molecule has 0 N–H and O–H groups in total. The third-order valence-electron chi connectivity index (χ3n) is 3.47. The van der Waals surface area contributed by atoms with Crippen molar-refractivity contribution in [1.29, 1.82) is 0 Å². The van der Waals surface area contributed by atoms with Gasteiger partial charge in [-0.15, -0.1) is 0 Å². The quantitative estimate of drug-likeness (QED) is 0.639. The summed E-state index contributed by atoms with van der Waals surface area (Å²) in [4.78, 5) is 11.3. The van der Waals surface area contributed by atoms with Crippen LogP contribution in [0.15, 0.2) is 11.6 Å². The number of hydrogen-bond acceptors (Lipinski definition) is 1. The Balaban J connectivity index is 0.00000106. The molecule has 1 aliphatic rings. The van der Waals surface area contributed by atoms with Crippen molar-refractivity contribution in [3.05, 3.63) is 11.6 Å². The average molecular weight is 224 g/mol. The molecule has 0 radical (unpaired) electrons. The zero-order chi connectivity index (χ0) is 12.7. The van der Waals surface area contributed by atoms with Crippen molar-refractivity contribution in [2.45, 2.75) is 60.8 Å². The molecule has 0 spiro atoms. The van der Waals surface area contributed by atoms with Gasteiger partial charge in [-0.05, 0) is 38.0 Å². The summed E-state index contributed by atoms with van der Waals surface area (Å²) in [6.07, 6.45) is 5.50. The molecule has 0 saturated heterocycles. The number of Topliss-reactive ketones (excluding diaryl/α,β-unsaturated/α-hetero) is 1. The Hall–Kier alpha value is -0.590. The van der Waals surface area contributed by atoms with E-state index in [4.69, 9.17) is 0 Å². The van der Waals surface area contributed by atoms with E-state index < -0.39 is 0 Å². The lowest BCUT2D eigenvalue weighted by atomic mass is 9.74. The van der Waals surface area contributed by atoms with Gasteiger partial charge in [-0.1, -0.05) is 46.3 Å². The first-order valence-corrected chi connectivity index (χ1v) is 6.75. The van der Waals surface area contributed by atoms with Crippen molar-refractivity contribution < 1.29 is 4.79 Å². The van der Waals surface area contributed by atoms with Crippen molar-refractivity contribution in [2.75, 3.05) is 0 Å². The number of hydrogen-bond donors (Lipinski definition) is 0. The summed E-state index contributed by atoms with van der Waals surface area (Å²) >= 11 is 0. The lowest BCUT2D eigenvalue weighted by Gasteiger charge is -2.31. The van der Waals surface area contributed by atoms with Gasteiger partial charge in [0.05, 0.1) is 0 Å². The molecule has 0 heterocycles. The van der Waals surface area contributed by atoms with E-state index in [1.165, 1.54) is 0 Å². The molecule has 0 aromatic rings. The van der Waals surface area contributed by atoms with Gasteiger partial charge in [-0.3, -0.25) is 4.79 Å². The Kier molecular flexibility index (Phi) is 7.36. The summed E-state index contributed by atoms with van der Waals surface area (Å²) in [5.41, 5.74) is 1.57. The van der Waals surface area contributed by atoms with Crippen molar-refractivity contribution in [1.82, 2.24) is 0 Å². The van der Waals surface area contributed by atoms with Crippen LogP contribution in [-0.4, -0.2) is 5.78 Å². The highest BCUT2D eigenvalue weighted by Crippen LogP contribution is 2.35. The molecule has 0 aliphatic heterocycles. The van der Waals surface area contributed by atoms with Crippen LogP contribution < -0.4 is 0 Å². The Labute approximate surface area is 101 Å². The SMILES string of the molecule is CC.CCC1=CC[C@H](C(C)=O)CC1C(C)C. The monoisotopic (exact) mass is 224 g/mol. The van der Waals surface area contributed by atoms with Crippen molar-refractivity contribution in [3.8, 4) is 0 Å². The average Bonchev–Trinajstić information content (AvgIpc) is 2.30. The van der Waals surface area contributed by atoms with Gasteiger partial charge in [-0.2, -0.15) is 0 Å². The smallest absolute Gasteiger partial charge is 0.133 e. The van der Waals surface area contributed by atoms with Crippen LogP contribution in [0.4, 0.5) is 0 Å². The zero-order valence-electron chi connectivity index (χ0n) is 11.8. The van der Waals surface area contributed by atoms with E-state index in [1.807, 2.05) is 13.8 Å². The first-order chi connectivity index (χ1) is 7.56. The third kappa shape index (κ3) is 4.11. The van der Waals surface area contributed by atoms with E-state index in [2.05, 4.69) is 26.8 Å². The molecule has 0 fully saturated rings. The summed E-state index contributed by atoms with van der Waals surface area (Å²) in [6, 6.07) is 0. The number of carbonyl (C=O) groups excluding carboxylic acids is 1. The predicted octanol–water partition coefficient (Wildman–Crippen LogP) is 4.62. The number of ketones is 1. The van der Waals surface area contributed by atoms with Crippen LogP contribution in [-0.2, 0) is 4.79 Å². The van der Waals surface area contributed by atoms with Crippen LogP contribution >= 0.6 is 0 Å². The fourth-order valence-electron chi connectivity index (χ4n) is 2.44. The van der Waals surface area contributed by atoms with Gasteiger partial charge in [0.15, 0.2) is 0 Å². The normalized spacial score (nSPS) is 24.6. The van der Waals surface area contributed by atoms with Crippen LogP contribution in [0.1, 0.15) is 60.8 Å². The number of carbonyl (C=O) groups is 1. The first-order valence-electron chi connectivity index (χ1n) is 6.75. The second kappa shape index (κ2) is 7.65. The Morgan fingerprint density at radius 2 is 2.00 bits per heavy atom. The number of rotatable bonds is 3. The van der Waals surface area contributed by atoms with Crippen LogP contribution in [0, 0.1) is 17.8 Å². The maximum Gasteiger partial charge on any atom is 0.133 e. The largest absolute Gasteiger partial charge is 0.300 e. The van der Waals surface area contributed by atoms with E-state index in [0.29, 0.717) is 17.6 Å². The molecule has 1 nitrogen and oxygen atoms in total. The molecular weight excluding hydrogens is 196 g/mol. The molecule has 2 atom stereocenters. The predicted molar refractivity (Wildman–Crippen MR) is 71.5 cm³/mol. The molecule has 1 rings (SSSR count). The minimum Gasteiger partial charge on any atom is -0.300 e. The highest BCUT2D eigenvalue weighted by molar-refractivity contribution is 5.78. The Bertz CT molecular complexity index is 238. The maximum absolute atomic E-state index is 11.3. The van der Waals surface area contributed by atoms with E-state index in [1.54, 1.807) is 12.5 Å². The highest BCUT2D eigenvalue weighted by Gasteiger charge is 2.27. The minimum atomic E-state index is 0.290. The second-order valence-electron chi connectivity index (χ2n) is 4.76. The van der Waals surface area contributed by atoms with E-state index in [-0.39, 0.29) is 5.92 Å². The topological polar surface area (TPSA) is 17.1 Å². The van der Waals surface area contributed by atoms with Crippen LogP contribution in [0.2, 0.25) is 0 Å².